The van der Waals surface area contributed by atoms with Crippen molar-refractivity contribution in [3.63, 3.8) is 0 Å². The highest BCUT2D eigenvalue weighted by Crippen LogP contribution is 1.99. The summed E-state index contributed by atoms with van der Waals surface area (Å²) in [5.41, 5.74) is 7.83. The van der Waals surface area contributed by atoms with E-state index in [1.54, 1.807) is 0 Å². The van der Waals surface area contributed by atoms with Gasteiger partial charge < -0.3 is 10.8 Å². The van der Waals surface area contributed by atoms with Crippen molar-refractivity contribution in [3.8, 4) is 0 Å². The Labute approximate surface area is 87.1 Å². The van der Waals surface area contributed by atoms with Gasteiger partial charge in [-0.2, -0.15) is 0 Å². The summed E-state index contributed by atoms with van der Waals surface area (Å²) in [6.45, 7) is 14.4. The molecule has 2 nitrogen and oxygen atoms in total. The van der Waals surface area contributed by atoms with Crippen LogP contribution in [0.2, 0.25) is 0 Å². The molecule has 0 atom stereocenters. The van der Waals surface area contributed by atoms with E-state index in [1.807, 2.05) is 39.8 Å². The molecule has 80 valence electrons. The Hall–Kier alpha value is -1.44. The summed E-state index contributed by atoms with van der Waals surface area (Å²) in [5, 5.41) is 8.56. The van der Waals surface area contributed by atoms with Gasteiger partial charge in [0.1, 0.15) is 5.76 Å². The van der Waals surface area contributed by atoms with Gasteiger partial charge in [0.25, 0.3) is 0 Å². The van der Waals surface area contributed by atoms with Crippen molar-refractivity contribution in [1.29, 1.82) is 0 Å². The molecule has 0 aromatic rings. The van der Waals surface area contributed by atoms with Crippen molar-refractivity contribution in [2.24, 2.45) is 5.73 Å². The van der Waals surface area contributed by atoms with Gasteiger partial charge in [-0.25, -0.2) is 0 Å². The fourth-order valence-electron chi connectivity index (χ4n) is 0.352. The highest BCUT2D eigenvalue weighted by atomic mass is 16.3. The standard InChI is InChI=1S/C6H11N.C6H10O/c2*1-4-5(2)6(3)7/h4H,3,7H2,1-2H3;4,7H,3H2,1-2H3. The molecule has 0 saturated carbocycles. The lowest BCUT2D eigenvalue weighted by Gasteiger charge is -1.92. The normalized spacial score (nSPS) is 11.4. The van der Waals surface area contributed by atoms with Crippen LogP contribution in [0.15, 0.2) is 47.9 Å². The van der Waals surface area contributed by atoms with Crippen LogP contribution < -0.4 is 5.73 Å². The zero-order chi connectivity index (χ0) is 11.7. The molecule has 0 saturated heterocycles. The Kier molecular flexibility index (Phi) is 8.79. The molecule has 0 amide bonds. The molecule has 2 heteroatoms. The van der Waals surface area contributed by atoms with E-state index >= 15 is 0 Å². The number of aliphatic hydroxyl groups excluding tert-OH is 1. The minimum atomic E-state index is 0.155. The van der Waals surface area contributed by atoms with Crippen LogP contribution in [0.5, 0.6) is 0 Å². The monoisotopic (exact) mass is 195 g/mol. The van der Waals surface area contributed by atoms with Crippen molar-refractivity contribution in [2.75, 3.05) is 0 Å². The molecule has 0 spiro atoms. The molecule has 0 aliphatic carbocycles. The Morgan fingerprint density at radius 3 is 1.43 bits per heavy atom. The van der Waals surface area contributed by atoms with Gasteiger partial charge >= 0.3 is 0 Å². The maximum Gasteiger partial charge on any atom is 0.110 e. The topological polar surface area (TPSA) is 46.2 Å². The van der Waals surface area contributed by atoms with Crippen LogP contribution in [0.25, 0.3) is 0 Å². The van der Waals surface area contributed by atoms with Gasteiger partial charge in [-0.3, -0.25) is 0 Å². The van der Waals surface area contributed by atoms with Crippen LogP contribution in [0.3, 0.4) is 0 Å². The SMILES string of the molecule is C=C(N)C(C)=CC.C=C(O)C(C)=CC. The first-order valence-corrected chi connectivity index (χ1v) is 4.45. The van der Waals surface area contributed by atoms with E-state index < -0.39 is 0 Å². The first-order chi connectivity index (χ1) is 6.36. The second-order valence-electron chi connectivity index (χ2n) is 2.92. The predicted octanol–water partition coefficient (Wildman–Crippen LogP) is 3.45. The van der Waals surface area contributed by atoms with Crippen molar-refractivity contribution in [2.45, 2.75) is 27.7 Å². The fraction of sp³-hybridized carbons (Fsp3) is 0.333. The maximum atomic E-state index is 8.56. The van der Waals surface area contributed by atoms with Crippen LogP contribution in [0, 0.1) is 0 Å². The van der Waals surface area contributed by atoms with E-state index in [1.165, 1.54) is 0 Å². The average Bonchev–Trinajstić information content (AvgIpc) is 2.15. The number of aliphatic hydroxyl groups is 1. The molecule has 0 fully saturated rings. The van der Waals surface area contributed by atoms with E-state index in [9.17, 15) is 0 Å². The van der Waals surface area contributed by atoms with E-state index in [0.29, 0.717) is 5.70 Å². The van der Waals surface area contributed by atoms with Gasteiger partial charge in [-0.05, 0) is 38.8 Å². The molecule has 0 unspecified atom stereocenters. The quantitative estimate of drug-likeness (QED) is 0.523. The zero-order valence-electron chi connectivity index (χ0n) is 9.59. The largest absolute Gasteiger partial charge is 0.508 e. The molecular formula is C12H21NO. The number of hydrogen-bond donors (Lipinski definition) is 2. The Balaban J connectivity index is 0. The van der Waals surface area contributed by atoms with Crippen LogP contribution in [-0.2, 0) is 0 Å². The van der Waals surface area contributed by atoms with E-state index in [4.69, 9.17) is 10.8 Å². The molecule has 0 aromatic carbocycles. The van der Waals surface area contributed by atoms with Gasteiger partial charge in [-0.1, -0.05) is 25.3 Å². The van der Waals surface area contributed by atoms with E-state index in [-0.39, 0.29) is 5.76 Å². The fourth-order valence-corrected chi connectivity index (χ4v) is 0.352. The zero-order valence-corrected chi connectivity index (χ0v) is 9.59. The van der Waals surface area contributed by atoms with Gasteiger partial charge in [0.05, 0.1) is 0 Å². The van der Waals surface area contributed by atoms with Crippen LogP contribution in [0.4, 0.5) is 0 Å². The van der Waals surface area contributed by atoms with Crippen LogP contribution in [0.1, 0.15) is 27.7 Å². The lowest BCUT2D eigenvalue weighted by molar-refractivity contribution is 0.426. The maximum absolute atomic E-state index is 8.56. The van der Waals surface area contributed by atoms with Crippen molar-refractivity contribution < 1.29 is 5.11 Å². The highest BCUT2D eigenvalue weighted by Gasteiger charge is 1.84. The van der Waals surface area contributed by atoms with Crippen LogP contribution in [-0.4, -0.2) is 5.11 Å². The summed E-state index contributed by atoms with van der Waals surface area (Å²) >= 11 is 0. The second-order valence-corrected chi connectivity index (χ2v) is 2.92. The molecule has 0 bridgehead atoms. The molecule has 0 heterocycles. The molecule has 0 aliphatic rings. The second kappa shape index (κ2) is 8.17. The lowest BCUT2D eigenvalue weighted by Crippen LogP contribution is -1.94. The molecule has 0 aliphatic heterocycles. The Morgan fingerprint density at radius 2 is 1.43 bits per heavy atom. The summed E-state index contributed by atoms with van der Waals surface area (Å²) < 4.78 is 0. The first-order valence-electron chi connectivity index (χ1n) is 4.45. The Bertz CT molecular complexity index is 231. The van der Waals surface area contributed by atoms with Gasteiger partial charge in [-0.15, -0.1) is 0 Å². The van der Waals surface area contributed by atoms with E-state index in [2.05, 4.69) is 13.2 Å². The lowest BCUT2D eigenvalue weighted by atomic mass is 10.2. The number of nitrogens with two attached hydrogens (primary N) is 1. The summed E-state index contributed by atoms with van der Waals surface area (Å²) in [6.07, 6.45) is 3.74. The first kappa shape index (κ1) is 15.1. The summed E-state index contributed by atoms with van der Waals surface area (Å²) in [7, 11) is 0. The van der Waals surface area contributed by atoms with E-state index in [0.717, 1.165) is 11.1 Å². The van der Waals surface area contributed by atoms with Gasteiger partial charge in [0, 0.05) is 5.70 Å². The van der Waals surface area contributed by atoms with Gasteiger partial charge in [0.2, 0.25) is 0 Å². The summed E-state index contributed by atoms with van der Waals surface area (Å²) in [6, 6.07) is 0. The molecule has 0 radical (unpaired) electrons. The number of hydrogen-bond acceptors (Lipinski definition) is 2. The average molecular weight is 195 g/mol. The molecule has 3 N–H and O–H groups in total. The molecule has 0 rings (SSSR count). The summed E-state index contributed by atoms with van der Waals surface area (Å²) in [4.78, 5) is 0. The highest BCUT2D eigenvalue weighted by molar-refractivity contribution is 5.21. The third-order valence-corrected chi connectivity index (χ3v) is 1.83. The van der Waals surface area contributed by atoms with Gasteiger partial charge in [0.15, 0.2) is 0 Å². The molecule has 0 aromatic heterocycles. The minimum Gasteiger partial charge on any atom is -0.508 e. The van der Waals surface area contributed by atoms with Crippen molar-refractivity contribution in [1.82, 2.24) is 0 Å². The predicted molar refractivity (Wildman–Crippen MR) is 64.0 cm³/mol. The van der Waals surface area contributed by atoms with Crippen molar-refractivity contribution in [3.05, 3.63) is 47.9 Å². The third-order valence-electron chi connectivity index (χ3n) is 1.83. The number of rotatable bonds is 2. The molecule has 14 heavy (non-hydrogen) atoms. The Morgan fingerprint density at radius 1 is 1.07 bits per heavy atom. The third kappa shape index (κ3) is 8.65. The van der Waals surface area contributed by atoms with Crippen LogP contribution >= 0.6 is 0 Å². The summed E-state index contributed by atoms with van der Waals surface area (Å²) in [5.74, 6) is 0.155. The van der Waals surface area contributed by atoms with Crippen molar-refractivity contribution >= 4 is 0 Å². The minimum absolute atomic E-state index is 0.155. The molecular weight excluding hydrogens is 174 g/mol. The smallest absolute Gasteiger partial charge is 0.110 e. The number of allylic oxidation sites excluding steroid dienone is 4.